The topological polar surface area (TPSA) is 98.9 Å². The third-order valence-electron chi connectivity index (χ3n) is 4.13. The molecule has 0 aliphatic heterocycles. The van der Waals surface area contributed by atoms with Gasteiger partial charge in [0.1, 0.15) is 11.6 Å². The maximum atomic E-state index is 11.7. The Morgan fingerprint density at radius 3 is 2.50 bits per heavy atom. The Hall–Kier alpha value is -1.87. The molecule has 0 saturated heterocycles. The second kappa shape index (κ2) is 4.91. The van der Waals surface area contributed by atoms with Crippen LogP contribution in [0.1, 0.15) is 45.1 Å². The van der Waals surface area contributed by atoms with Gasteiger partial charge in [0.25, 0.3) is 5.56 Å². The van der Waals surface area contributed by atoms with Crippen molar-refractivity contribution >= 4 is 0 Å². The van der Waals surface area contributed by atoms with Crippen LogP contribution in [0.4, 0.5) is 0 Å². The highest BCUT2D eigenvalue weighted by Gasteiger charge is 2.37. The Kier molecular flexibility index (Phi) is 3.57. The molecule has 0 bridgehead atoms. The Labute approximate surface area is 116 Å². The van der Waals surface area contributed by atoms with Gasteiger partial charge in [0.2, 0.25) is 0 Å². The van der Waals surface area contributed by atoms with Crippen LogP contribution in [0.15, 0.2) is 15.8 Å². The maximum absolute atomic E-state index is 11.7. The zero-order chi connectivity index (χ0) is 15.0. The fourth-order valence-electron chi connectivity index (χ4n) is 2.57. The summed E-state index contributed by atoms with van der Waals surface area (Å²) in [5.74, 6) is 0. The average Bonchev–Trinajstić information content (AvgIpc) is 2.37. The summed E-state index contributed by atoms with van der Waals surface area (Å²) in [6.07, 6.45) is 4.19. The van der Waals surface area contributed by atoms with E-state index in [1.54, 1.807) is 6.07 Å². The second-order valence-electron chi connectivity index (χ2n) is 6.43. The van der Waals surface area contributed by atoms with E-state index >= 15 is 0 Å². The van der Waals surface area contributed by atoms with E-state index in [4.69, 9.17) is 5.26 Å². The van der Waals surface area contributed by atoms with E-state index in [9.17, 15) is 14.7 Å². The van der Waals surface area contributed by atoms with Gasteiger partial charge in [0, 0.05) is 6.20 Å². The minimum Gasteiger partial charge on any atom is -0.388 e. The molecule has 2 N–H and O–H groups in total. The molecule has 1 saturated carbocycles. The zero-order valence-electron chi connectivity index (χ0n) is 11.8. The molecule has 0 radical (unpaired) electrons. The molecule has 108 valence electrons. The van der Waals surface area contributed by atoms with Gasteiger partial charge in [-0.25, -0.2) is 4.79 Å². The summed E-state index contributed by atoms with van der Waals surface area (Å²) in [6.45, 7) is 4.42. The molecular formula is C14H19N3O3. The quantitative estimate of drug-likeness (QED) is 0.832. The summed E-state index contributed by atoms with van der Waals surface area (Å²) in [5.41, 5.74) is -2.15. The zero-order valence-corrected chi connectivity index (χ0v) is 11.8. The molecule has 1 aliphatic rings. The molecule has 0 unspecified atom stereocenters. The Bertz CT molecular complexity index is 653. The van der Waals surface area contributed by atoms with Crippen molar-refractivity contribution < 1.29 is 5.11 Å². The van der Waals surface area contributed by atoms with Crippen LogP contribution in [0.3, 0.4) is 0 Å². The van der Waals surface area contributed by atoms with Gasteiger partial charge in [0.05, 0.1) is 12.1 Å². The lowest BCUT2D eigenvalue weighted by molar-refractivity contribution is -0.0394. The Balaban J connectivity index is 2.25. The van der Waals surface area contributed by atoms with Crippen LogP contribution in [0.2, 0.25) is 0 Å². The number of rotatable bonds is 2. The minimum atomic E-state index is -0.954. The first-order valence-corrected chi connectivity index (χ1v) is 6.71. The molecular weight excluding hydrogens is 258 g/mol. The van der Waals surface area contributed by atoms with Crippen LogP contribution in [0.25, 0.3) is 0 Å². The third kappa shape index (κ3) is 2.99. The van der Waals surface area contributed by atoms with Gasteiger partial charge in [-0.1, -0.05) is 13.8 Å². The lowest BCUT2D eigenvalue weighted by Crippen LogP contribution is -2.44. The Morgan fingerprint density at radius 2 is 1.95 bits per heavy atom. The first-order chi connectivity index (χ1) is 9.25. The predicted molar refractivity (Wildman–Crippen MR) is 73.2 cm³/mol. The molecule has 2 rings (SSSR count). The van der Waals surface area contributed by atoms with Crippen molar-refractivity contribution in [1.29, 1.82) is 5.26 Å². The number of aliphatic hydroxyl groups is 1. The highest BCUT2D eigenvalue weighted by Crippen LogP contribution is 2.40. The molecule has 20 heavy (non-hydrogen) atoms. The van der Waals surface area contributed by atoms with Crippen LogP contribution in [0, 0.1) is 16.7 Å². The summed E-state index contributed by atoms with van der Waals surface area (Å²) in [6, 6.07) is 1.74. The van der Waals surface area contributed by atoms with E-state index in [-0.39, 0.29) is 17.5 Å². The largest absolute Gasteiger partial charge is 0.388 e. The molecule has 0 aromatic carbocycles. The highest BCUT2D eigenvalue weighted by molar-refractivity contribution is 5.21. The normalized spacial score (nSPS) is 20.3. The van der Waals surface area contributed by atoms with Gasteiger partial charge in [0.15, 0.2) is 0 Å². The molecule has 0 spiro atoms. The van der Waals surface area contributed by atoms with Crippen LogP contribution >= 0.6 is 0 Å². The predicted octanol–water partition coefficient (Wildman–Crippen LogP) is 0.740. The van der Waals surface area contributed by atoms with Crippen LogP contribution in [-0.4, -0.2) is 20.3 Å². The number of aromatic nitrogens is 2. The second-order valence-corrected chi connectivity index (χ2v) is 6.43. The number of hydrogen-bond acceptors (Lipinski definition) is 4. The molecule has 6 heteroatoms. The van der Waals surface area contributed by atoms with E-state index in [2.05, 4.69) is 18.8 Å². The Morgan fingerprint density at radius 1 is 1.35 bits per heavy atom. The van der Waals surface area contributed by atoms with Gasteiger partial charge in [-0.3, -0.25) is 14.3 Å². The van der Waals surface area contributed by atoms with Crippen molar-refractivity contribution in [2.45, 2.75) is 51.7 Å². The molecule has 1 aromatic rings. The maximum Gasteiger partial charge on any atom is 0.328 e. The van der Waals surface area contributed by atoms with E-state index in [0.717, 1.165) is 12.8 Å². The van der Waals surface area contributed by atoms with Gasteiger partial charge < -0.3 is 5.11 Å². The molecule has 0 atom stereocenters. The molecule has 1 heterocycles. The van der Waals surface area contributed by atoms with Gasteiger partial charge in [-0.2, -0.15) is 5.26 Å². The molecule has 6 nitrogen and oxygen atoms in total. The van der Waals surface area contributed by atoms with Crippen LogP contribution in [0.5, 0.6) is 0 Å². The first kappa shape index (κ1) is 14.5. The lowest BCUT2D eigenvalue weighted by atomic mass is 9.71. The first-order valence-electron chi connectivity index (χ1n) is 6.71. The number of aromatic amines is 1. The average molecular weight is 277 g/mol. The van der Waals surface area contributed by atoms with E-state index in [1.807, 2.05) is 0 Å². The van der Waals surface area contributed by atoms with Crippen molar-refractivity contribution in [3.05, 3.63) is 32.6 Å². The fourth-order valence-corrected chi connectivity index (χ4v) is 2.57. The van der Waals surface area contributed by atoms with Crippen LogP contribution in [-0.2, 0) is 6.54 Å². The minimum absolute atomic E-state index is 0.105. The highest BCUT2D eigenvalue weighted by atomic mass is 16.3. The summed E-state index contributed by atoms with van der Waals surface area (Å²) >= 11 is 0. The van der Waals surface area contributed by atoms with Crippen molar-refractivity contribution in [2.75, 3.05) is 0 Å². The lowest BCUT2D eigenvalue weighted by Gasteiger charge is -2.40. The van der Waals surface area contributed by atoms with Gasteiger partial charge >= 0.3 is 5.69 Å². The van der Waals surface area contributed by atoms with Crippen molar-refractivity contribution in [3.63, 3.8) is 0 Å². The molecule has 0 amide bonds. The number of hydrogen-bond donors (Lipinski definition) is 2. The SMILES string of the molecule is CC1(C)CCC(O)(Cn2cc(C#N)c(=O)[nH]c2=O)CC1. The number of nitrogens with one attached hydrogen (secondary N) is 1. The number of nitrogens with zero attached hydrogens (tertiary/aromatic N) is 2. The standard InChI is InChI=1S/C14H19N3O3/c1-13(2)3-5-14(20,6-4-13)9-17-8-10(7-15)11(18)16-12(17)19/h8,20H,3-6,9H2,1-2H3,(H,16,18,19). The van der Waals surface area contributed by atoms with Crippen molar-refractivity contribution in [1.82, 2.24) is 9.55 Å². The third-order valence-corrected chi connectivity index (χ3v) is 4.13. The van der Waals surface area contributed by atoms with Gasteiger partial charge in [-0.15, -0.1) is 0 Å². The molecule has 1 aromatic heterocycles. The van der Waals surface area contributed by atoms with Crippen molar-refractivity contribution in [2.24, 2.45) is 5.41 Å². The number of H-pyrrole nitrogens is 1. The smallest absolute Gasteiger partial charge is 0.328 e. The molecule has 1 fully saturated rings. The van der Waals surface area contributed by atoms with Gasteiger partial charge in [-0.05, 0) is 31.1 Å². The van der Waals surface area contributed by atoms with E-state index in [1.165, 1.54) is 10.8 Å². The summed E-state index contributed by atoms with van der Waals surface area (Å²) < 4.78 is 1.22. The summed E-state index contributed by atoms with van der Waals surface area (Å²) in [5, 5.41) is 19.4. The monoisotopic (exact) mass is 277 g/mol. The summed E-state index contributed by atoms with van der Waals surface area (Å²) in [7, 11) is 0. The summed E-state index contributed by atoms with van der Waals surface area (Å²) in [4.78, 5) is 25.2. The van der Waals surface area contributed by atoms with Crippen LogP contribution < -0.4 is 11.2 Å². The number of nitriles is 1. The molecule has 1 aliphatic carbocycles. The van der Waals surface area contributed by atoms with E-state index in [0.29, 0.717) is 12.8 Å². The van der Waals surface area contributed by atoms with Crippen molar-refractivity contribution in [3.8, 4) is 6.07 Å². The van der Waals surface area contributed by atoms with E-state index < -0.39 is 16.9 Å². The fraction of sp³-hybridized carbons (Fsp3) is 0.643.